The lowest BCUT2D eigenvalue weighted by Crippen LogP contribution is -2.45. The first kappa shape index (κ1) is 6.35. The Kier molecular flexibility index (Phi) is 1.03. The highest BCUT2D eigenvalue weighted by atomic mass is 16.7. The number of ether oxygens (including phenoxy) is 2. The highest BCUT2D eigenvalue weighted by Crippen LogP contribution is 2.47. The van der Waals surface area contributed by atoms with E-state index in [9.17, 15) is 0 Å². The van der Waals surface area contributed by atoms with E-state index >= 15 is 0 Å². The van der Waals surface area contributed by atoms with E-state index in [0.717, 1.165) is 24.3 Å². The van der Waals surface area contributed by atoms with Crippen LogP contribution in [-0.4, -0.2) is 5.79 Å². The second kappa shape index (κ2) is 1.94. The molecule has 1 fully saturated rings. The molecule has 0 atom stereocenters. The minimum Gasteiger partial charge on any atom is -0.448 e. The Hall–Kier alpha value is -1.18. The molecule has 1 aliphatic carbocycles. The number of benzene rings is 1. The van der Waals surface area contributed by atoms with Crippen LogP contribution in [-0.2, 0) is 0 Å². The van der Waals surface area contributed by atoms with Crippen LogP contribution in [0.3, 0.4) is 0 Å². The highest BCUT2D eigenvalue weighted by molar-refractivity contribution is 5.43. The van der Waals surface area contributed by atoms with Crippen molar-refractivity contribution >= 4 is 0 Å². The third kappa shape index (κ3) is 0.697. The lowest BCUT2D eigenvalue weighted by atomic mass is 9.91. The van der Waals surface area contributed by atoms with Crippen molar-refractivity contribution in [2.75, 3.05) is 0 Å². The molecule has 1 saturated carbocycles. The van der Waals surface area contributed by atoms with E-state index in [1.165, 1.54) is 6.42 Å². The minimum atomic E-state index is -0.274. The van der Waals surface area contributed by atoms with E-state index in [1.807, 2.05) is 24.3 Å². The van der Waals surface area contributed by atoms with Crippen LogP contribution >= 0.6 is 0 Å². The molecule has 0 bridgehead atoms. The molecule has 1 heterocycles. The summed E-state index contributed by atoms with van der Waals surface area (Å²) in [5.41, 5.74) is 0. The SMILES string of the molecule is c1ccc2c(c1)OC1(CCC1)O2. The van der Waals surface area contributed by atoms with Gasteiger partial charge in [-0.1, -0.05) is 12.1 Å². The molecule has 1 aromatic carbocycles. The van der Waals surface area contributed by atoms with Crippen molar-refractivity contribution in [1.29, 1.82) is 0 Å². The van der Waals surface area contributed by atoms with Crippen LogP contribution in [0.2, 0.25) is 0 Å². The van der Waals surface area contributed by atoms with Crippen LogP contribution in [0.25, 0.3) is 0 Å². The average Bonchev–Trinajstić information content (AvgIpc) is 2.42. The maximum atomic E-state index is 5.71. The molecule has 0 N–H and O–H groups in total. The summed E-state index contributed by atoms with van der Waals surface area (Å²) < 4.78 is 11.4. The van der Waals surface area contributed by atoms with E-state index < -0.39 is 0 Å². The molecule has 1 spiro atoms. The van der Waals surface area contributed by atoms with E-state index in [4.69, 9.17) is 9.47 Å². The first-order valence-electron chi connectivity index (χ1n) is 4.35. The van der Waals surface area contributed by atoms with E-state index in [1.54, 1.807) is 0 Å². The first-order valence-corrected chi connectivity index (χ1v) is 4.35. The molecule has 12 heavy (non-hydrogen) atoms. The summed E-state index contributed by atoms with van der Waals surface area (Å²) in [6.07, 6.45) is 3.28. The van der Waals surface area contributed by atoms with Crippen LogP contribution in [0, 0.1) is 0 Å². The number of para-hydroxylation sites is 2. The van der Waals surface area contributed by atoms with Crippen molar-refractivity contribution in [2.24, 2.45) is 0 Å². The van der Waals surface area contributed by atoms with Gasteiger partial charge in [-0.25, -0.2) is 0 Å². The van der Waals surface area contributed by atoms with Crippen LogP contribution in [0.4, 0.5) is 0 Å². The summed E-state index contributed by atoms with van der Waals surface area (Å²) in [4.78, 5) is 0. The normalized spacial score (nSPS) is 22.3. The third-order valence-electron chi connectivity index (χ3n) is 2.56. The van der Waals surface area contributed by atoms with Gasteiger partial charge in [-0.2, -0.15) is 0 Å². The largest absolute Gasteiger partial charge is 0.448 e. The maximum Gasteiger partial charge on any atom is 0.251 e. The molecular formula is C10H10O2. The van der Waals surface area contributed by atoms with Crippen LogP contribution in [0.5, 0.6) is 11.5 Å². The first-order chi connectivity index (χ1) is 5.88. The molecule has 2 aliphatic rings. The summed E-state index contributed by atoms with van der Waals surface area (Å²) >= 11 is 0. The fourth-order valence-corrected chi connectivity index (χ4v) is 1.71. The van der Waals surface area contributed by atoms with E-state index in [0.29, 0.717) is 0 Å². The Balaban J connectivity index is 1.99. The molecule has 2 heteroatoms. The Morgan fingerprint density at radius 2 is 1.58 bits per heavy atom. The van der Waals surface area contributed by atoms with Gasteiger partial charge in [0.2, 0.25) is 0 Å². The van der Waals surface area contributed by atoms with E-state index in [-0.39, 0.29) is 5.79 Å². The number of hydrogen-bond donors (Lipinski definition) is 0. The van der Waals surface area contributed by atoms with E-state index in [2.05, 4.69) is 0 Å². The topological polar surface area (TPSA) is 18.5 Å². The zero-order valence-electron chi connectivity index (χ0n) is 6.75. The maximum absolute atomic E-state index is 5.71. The molecule has 1 aromatic rings. The predicted molar refractivity (Wildman–Crippen MR) is 44.3 cm³/mol. The number of fused-ring (bicyclic) bond motifs is 1. The number of hydrogen-bond acceptors (Lipinski definition) is 2. The Labute approximate surface area is 71.1 Å². The smallest absolute Gasteiger partial charge is 0.251 e. The van der Waals surface area contributed by atoms with Gasteiger partial charge in [-0.15, -0.1) is 0 Å². The van der Waals surface area contributed by atoms with Gasteiger partial charge in [0.1, 0.15) is 0 Å². The molecule has 1 aliphatic heterocycles. The zero-order valence-corrected chi connectivity index (χ0v) is 6.75. The Morgan fingerprint density at radius 3 is 2.00 bits per heavy atom. The highest BCUT2D eigenvalue weighted by Gasteiger charge is 2.46. The van der Waals surface area contributed by atoms with Crippen molar-refractivity contribution < 1.29 is 9.47 Å². The van der Waals surface area contributed by atoms with Crippen LogP contribution < -0.4 is 9.47 Å². The molecule has 0 aromatic heterocycles. The van der Waals surface area contributed by atoms with Crippen molar-refractivity contribution in [1.82, 2.24) is 0 Å². The standard InChI is InChI=1S/C10H10O2/c1-2-5-9-8(4-1)11-10(12-9)6-3-7-10/h1-2,4-5H,3,6-7H2. The number of rotatable bonds is 0. The second-order valence-electron chi connectivity index (χ2n) is 3.42. The monoisotopic (exact) mass is 162 g/mol. The molecule has 0 unspecified atom stereocenters. The predicted octanol–water partition coefficient (Wildman–Crippen LogP) is 2.34. The molecule has 0 amide bonds. The van der Waals surface area contributed by atoms with Crippen molar-refractivity contribution in [3.8, 4) is 11.5 Å². The van der Waals surface area contributed by atoms with Gasteiger partial charge < -0.3 is 9.47 Å². The quantitative estimate of drug-likeness (QED) is 0.583. The van der Waals surface area contributed by atoms with Crippen LogP contribution in [0.1, 0.15) is 19.3 Å². The van der Waals surface area contributed by atoms with Crippen LogP contribution in [0.15, 0.2) is 24.3 Å². The molecule has 62 valence electrons. The molecule has 3 rings (SSSR count). The molecule has 0 radical (unpaired) electrons. The third-order valence-corrected chi connectivity index (χ3v) is 2.56. The minimum absolute atomic E-state index is 0.274. The van der Waals surface area contributed by atoms with Crippen molar-refractivity contribution in [3.05, 3.63) is 24.3 Å². The summed E-state index contributed by atoms with van der Waals surface area (Å²) in [6, 6.07) is 7.87. The Morgan fingerprint density at radius 1 is 1.00 bits per heavy atom. The average molecular weight is 162 g/mol. The lowest BCUT2D eigenvalue weighted by molar-refractivity contribution is -0.138. The fourth-order valence-electron chi connectivity index (χ4n) is 1.71. The fraction of sp³-hybridized carbons (Fsp3) is 0.400. The van der Waals surface area contributed by atoms with Gasteiger partial charge in [-0.3, -0.25) is 0 Å². The van der Waals surface area contributed by atoms with Gasteiger partial charge in [-0.05, 0) is 18.6 Å². The van der Waals surface area contributed by atoms with Crippen molar-refractivity contribution in [3.63, 3.8) is 0 Å². The lowest BCUT2D eigenvalue weighted by Gasteiger charge is -2.35. The van der Waals surface area contributed by atoms with Crippen molar-refractivity contribution in [2.45, 2.75) is 25.0 Å². The molecular weight excluding hydrogens is 152 g/mol. The zero-order chi connectivity index (χ0) is 8.02. The van der Waals surface area contributed by atoms with Gasteiger partial charge >= 0.3 is 0 Å². The second-order valence-corrected chi connectivity index (χ2v) is 3.42. The summed E-state index contributed by atoms with van der Waals surface area (Å²) in [6.45, 7) is 0. The van der Waals surface area contributed by atoms with Gasteiger partial charge in [0.15, 0.2) is 11.5 Å². The van der Waals surface area contributed by atoms with Gasteiger partial charge in [0, 0.05) is 12.8 Å². The summed E-state index contributed by atoms with van der Waals surface area (Å²) in [5, 5.41) is 0. The molecule has 0 saturated heterocycles. The van der Waals surface area contributed by atoms with Gasteiger partial charge in [0.05, 0.1) is 0 Å². The summed E-state index contributed by atoms with van der Waals surface area (Å²) in [7, 11) is 0. The van der Waals surface area contributed by atoms with Gasteiger partial charge in [0.25, 0.3) is 5.79 Å². The Bertz CT molecular complexity index is 288. The summed E-state index contributed by atoms with van der Waals surface area (Å²) in [5.74, 6) is 1.53. The molecule has 2 nitrogen and oxygen atoms in total.